The molecule has 2 aromatic rings. The topological polar surface area (TPSA) is 100 Å². The van der Waals surface area contributed by atoms with E-state index >= 15 is 0 Å². The Hall–Kier alpha value is -2.80. The molecule has 2 fully saturated rings. The number of anilines is 3. The van der Waals surface area contributed by atoms with Gasteiger partial charge >= 0.3 is 0 Å². The van der Waals surface area contributed by atoms with Crippen molar-refractivity contribution in [2.45, 2.75) is 32.1 Å². The first-order valence-corrected chi connectivity index (χ1v) is 10.7. The molecule has 2 amide bonds. The quantitative estimate of drug-likeness (QED) is 0.686. The number of nitrogens with one attached hydrogen (secondary N) is 2. The van der Waals surface area contributed by atoms with Crippen molar-refractivity contribution in [2.24, 2.45) is 5.41 Å². The summed E-state index contributed by atoms with van der Waals surface area (Å²) in [5.74, 6) is 0.533. The Morgan fingerprint density at radius 3 is 2.67 bits per heavy atom. The summed E-state index contributed by atoms with van der Waals surface area (Å²) in [4.78, 5) is 30.5. The van der Waals surface area contributed by atoms with E-state index in [2.05, 4.69) is 26.6 Å². The van der Waals surface area contributed by atoms with E-state index in [0.29, 0.717) is 23.7 Å². The second-order valence-electron chi connectivity index (χ2n) is 8.41. The molecule has 7 nitrogen and oxygen atoms in total. The summed E-state index contributed by atoms with van der Waals surface area (Å²) >= 11 is 6.66. The average Bonchev–Trinajstić information content (AvgIpc) is 3.10. The highest BCUT2D eigenvalue weighted by Crippen LogP contribution is 2.45. The molecule has 2 saturated heterocycles. The Morgan fingerprint density at radius 2 is 1.93 bits per heavy atom. The van der Waals surface area contributed by atoms with Gasteiger partial charge in [-0.15, -0.1) is 0 Å². The number of nitrogens with two attached hydrogens (primary N) is 1. The van der Waals surface area contributed by atoms with Crippen LogP contribution in [0.15, 0.2) is 24.4 Å². The van der Waals surface area contributed by atoms with Gasteiger partial charge in [-0.3, -0.25) is 9.59 Å². The van der Waals surface area contributed by atoms with Crippen LogP contribution in [0.5, 0.6) is 0 Å². The molecule has 0 radical (unpaired) electrons. The van der Waals surface area contributed by atoms with Gasteiger partial charge in [0, 0.05) is 43.5 Å². The third-order valence-electron chi connectivity index (χ3n) is 6.74. The normalized spacial score (nSPS) is 20.1. The van der Waals surface area contributed by atoms with E-state index in [1.807, 2.05) is 12.1 Å². The lowest BCUT2D eigenvalue weighted by Gasteiger charge is -2.39. The first kappa shape index (κ1) is 19.2. The minimum Gasteiger partial charge on any atom is -0.382 e. The predicted molar refractivity (Wildman–Crippen MR) is 118 cm³/mol. The first-order chi connectivity index (χ1) is 14.5. The summed E-state index contributed by atoms with van der Waals surface area (Å²) in [7, 11) is 0. The number of carbonyl (C=O) groups is 2. The number of carbonyl (C=O) groups excluding carboxylic acids is 2. The maximum absolute atomic E-state index is 12.3. The molecule has 4 heterocycles. The number of aromatic nitrogens is 1. The van der Waals surface area contributed by atoms with Gasteiger partial charge in [-0.1, -0.05) is 17.7 Å². The third kappa shape index (κ3) is 3.08. The number of amides is 2. The zero-order valence-corrected chi connectivity index (χ0v) is 17.4. The van der Waals surface area contributed by atoms with Crippen LogP contribution in [-0.2, 0) is 16.0 Å². The van der Waals surface area contributed by atoms with Crippen molar-refractivity contribution in [2.75, 3.05) is 35.6 Å². The van der Waals surface area contributed by atoms with Crippen molar-refractivity contribution >= 4 is 40.6 Å². The highest BCUT2D eigenvalue weighted by molar-refractivity contribution is 6.36. The van der Waals surface area contributed by atoms with Crippen molar-refractivity contribution in [1.29, 1.82) is 0 Å². The van der Waals surface area contributed by atoms with Gasteiger partial charge in [-0.05, 0) is 48.9 Å². The summed E-state index contributed by atoms with van der Waals surface area (Å²) < 4.78 is 0. The molecule has 156 valence electrons. The van der Waals surface area contributed by atoms with Gasteiger partial charge in [0.15, 0.2) is 0 Å². The molecule has 0 bridgehead atoms. The van der Waals surface area contributed by atoms with Crippen molar-refractivity contribution in [3.8, 4) is 11.1 Å². The molecule has 5 rings (SSSR count). The van der Waals surface area contributed by atoms with Crippen LogP contribution in [-0.4, -0.2) is 36.4 Å². The minimum absolute atomic E-state index is 0.0475. The summed E-state index contributed by atoms with van der Waals surface area (Å²) in [6.07, 6.45) is 5.46. The maximum atomic E-state index is 12.3. The Balaban J connectivity index is 1.50. The second kappa shape index (κ2) is 7.16. The lowest BCUT2D eigenvalue weighted by atomic mass is 9.77. The van der Waals surface area contributed by atoms with E-state index in [1.54, 1.807) is 6.20 Å². The highest BCUT2D eigenvalue weighted by atomic mass is 35.5. The SMILES string of the molecule is Nc1ncc(-c2ccc3c(c2)CCC(=O)N3)c(N2CCC3(CCNC3=O)CC2)c1Cl. The number of nitrogens with zero attached hydrogens (tertiary/aromatic N) is 2. The number of hydrogen-bond donors (Lipinski definition) is 3. The molecule has 0 unspecified atom stereocenters. The van der Waals surface area contributed by atoms with Gasteiger partial charge in [0.1, 0.15) is 10.8 Å². The molecule has 1 aromatic heterocycles. The lowest BCUT2D eigenvalue weighted by molar-refractivity contribution is -0.128. The molecule has 0 atom stereocenters. The van der Waals surface area contributed by atoms with E-state index in [9.17, 15) is 9.59 Å². The average molecular weight is 426 g/mol. The zero-order chi connectivity index (χ0) is 20.9. The molecular weight excluding hydrogens is 402 g/mol. The monoisotopic (exact) mass is 425 g/mol. The fourth-order valence-corrected chi connectivity index (χ4v) is 5.18. The number of rotatable bonds is 2. The number of nitrogen functional groups attached to an aromatic ring is 1. The Kier molecular flexibility index (Phi) is 4.58. The van der Waals surface area contributed by atoms with Gasteiger partial charge in [0.2, 0.25) is 11.8 Å². The standard InChI is InChI=1S/C22H24ClN5O2/c23-18-19(28-9-6-22(7-10-28)5-8-25-21(22)30)15(12-26-20(18)24)13-1-3-16-14(11-13)2-4-17(29)27-16/h1,3,11-12H,2,4-10H2,(H2,24,26)(H,25,30)(H,27,29). The van der Waals surface area contributed by atoms with E-state index in [1.165, 1.54) is 0 Å². The van der Waals surface area contributed by atoms with Crippen LogP contribution < -0.4 is 21.3 Å². The Bertz CT molecular complexity index is 1050. The van der Waals surface area contributed by atoms with Gasteiger partial charge in [-0.25, -0.2) is 4.98 Å². The molecule has 4 N–H and O–H groups in total. The number of aryl methyl sites for hydroxylation is 1. The van der Waals surface area contributed by atoms with Crippen LogP contribution in [0.1, 0.15) is 31.2 Å². The highest BCUT2D eigenvalue weighted by Gasteiger charge is 2.44. The molecule has 1 aromatic carbocycles. The fourth-order valence-electron chi connectivity index (χ4n) is 4.91. The number of fused-ring (bicyclic) bond motifs is 1. The summed E-state index contributed by atoms with van der Waals surface area (Å²) in [6, 6.07) is 6.01. The minimum atomic E-state index is -0.244. The maximum Gasteiger partial charge on any atom is 0.226 e. The summed E-state index contributed by atoms with van der Waals surface area (Å²) in [5.41, 5.74) is 10.6. The van der Waals surface area contributed by atoms with Gasteiger partial charge < -0.3 is 21.3 Å². The number of benzene rings is 1. The lowest BCUT2D eigenvalue weighted by Crippen LogP contribution is -2.44. The van der Waals surface area contributed by atoms with Crippen molar-refractivity contribution in [3.63, 3.8) is 0 Å². The molecule has 0 aliphatic carbocycles. The summed E-state index contributed by atoms with van der Waals surface area (Å²) in [6.45, 7) is 2.24. The van der Waals surface area contributed by atoms with Gasteiger partial charge in [0.05, 0.1) is 11.1 Å². The van der Waals surface area contributed by atoms with Crippen molar-refractivity contribution in [3.05, 3.63) is 35.0 Å². The van der Waals surface area contributed by atoms with Gasteiger partial charge in [-0.2, -0.15) is 0 Å². The largest absolute Gasteiger partial charge is 0.382 e. The molecule has 3 aliphatic rings. The molecule has 3 aliphatic heterocycles. The van der Waals surface area contributed by atoms with E-state index in [0.717, 1.165) is 67.0 Å². The molecule has 0 saturated carbocycles. The zero-order valence-electron chi connectivity index (χ0n) is 16.6. The van der Waals surface area contributed by atoms with Crippen LogP contribution in [0.3, 0.4) is 0 Å². The first-order valence-electron chi connectivity index (χ1n) is 10.4. The van der Waals surface area contributed by atoms with Crippen molar-refractivity contribution in [1.82, 2.24) is 10.3 Å². The van der Waals surface area contributed by atoms with Crippen molar-refractivity contribution < 1.29 is 9.59 Å². The smallest absolute Gasteiger partial charge is 0.226 e. The van der Waals surface area contributed by atoms with E-state index < -0.39 is 0 Å². The molecule has 1 spiro atoms. The van der Waals surface area contributed by atoms with Crippen LogP contribution in [0.2, 0.25) is 5.02 Å². The van der Waals surface area contributed by atoms with Crippen LogP contribution in [0, 0.1) is 5.41 Å². The second-order valence-corrected chi connectivity index (χ2v) is 8.79. The molecule has 8 heteroatoms. The third-order valence-corrected chi connectivity index (χ3v) is 7.11. The van der Waals surface area contributed by atoms with Crippen LogP contribution in [0.25, 0.3) is 11.1 Å². The van der Waals surface area contributed by atoms with Crippen LogP contribution >= 0.6 is 11.6 Å². The molecular formula is C22H24ClN5O2. The predicted octanol–water partition coefficient (Wildman–Crippen LogP) is 2.98. The van der Waals surface area contributed by atoms with Gasteiger partial charge in [0.25, 0.3) is 0 Å². The number of hydrogen-bond acceptors (Lipinski definition) is 5. The van der Waals surface area contributed by atoms with Crippen LogP contribution in [0.4, 0.5) is 17.2 Å². The Labute approximate surface area is 180 Å². The number of piperidine rings is 1. The molecule has 30 heavy (non-hydrogen) atoms. The summed E-state index contributed by atoms with van der Waals surface area (Å²) in [5, 5.41) is 6.35. The van der Waals surface area contributed by atoms with E-state index in [-0.39, 0.29) is 17.2 Å². The van der Waals surface area contributed by atoms with E-state index in [4.69, 9.17) is 17.3 Å². The number of pyridine rings is 1. The number of halogens is 1. The fraction of sp³-hybridized carbons (Fsp3) is 0.409. The Morgan fingerprint density at radius 1 is 1.13 bits per heavy atom.